The van der Waals surface area contributed by atoms with Crippen molar-refractivity contribution in [2.75, 3.05) is 16.7 Å². The molecule has 0 bridgehead atoms. The van der Waals surface area contributed by atoms with Gasteiger partial charge in [0.1, 0.15) is 0 Å². The summed E-state index contributed by atoms with van der Waals surface area (Å²) in [7, 11) is -2.97. The molecule has 74 valence electrons. The summed E-state index contributed by atoms with van der Waals surface area (Å²) in [6, 6.07) is 0. The monoisotopic (exact) mass is 305 g/mol. The van der Waals surface area contributed by atoms with E-state index in [0.717, 1.165) is 23.7 Å². The molecule has 0 aliphatic heterocycles. The van der Waals surface area contributed by atoms with E-state index in [1.807, 2.05) is 6.92 Å². The van der Waals surface area contributed by atoms with E-state index in [1.54, 1.807) is 0 Å². The number of alkyl halides is 1. The van der Waals surface area contributed by atoms with Crippen LogP contribution in [0.2, 0.25) is 0 Å². The Morgan fingerprint density at radius 2 is 2.00 bits per heavy atom. The zero-order chi connectivity index (χ0) is 9.45. The van der Waals surface area contributed by atoms with E-state index in [9.17, 15) is 8.42 Å². The normalized spacial score (nSPS) is 11.8. The van der Waals surface area contributed by atoms with Crippen LogP contribution in [0.4, 0.5) is 0 Å². The van der Waals surface area contributed by atoms with Crippen LogP contribution in [0, 0.1) is 0 Å². The van der Waals surface area contributed by atoms with Crippen LogP contribution in [0.15, 0.2) is 0 Å². The smallest absolute Gasteiger partial charge is 0.211 e. The van der Waals surface area contributed by atoms with Gasteiger partial charge in [0.25, 0.3) is 0 Å². The lowest BCUT2D eigenvalue weighted by Gasteiger charge is -2.03. The second kappa shape index (κ2) is 7.08. The molecular formula is C7H16INO2S. The van der Waals surface area contributed by atoms with Crippen molar-refractivity contribution in [2.24, 2.45) is 0 Å². The Hall–Kier alpha value is 0.640. The van der Waals surface area contributed by atoms with E-state index < -0.39 is 10.0 Å². The van der Waals surface area contributed by atoms with Crippen molar-refractivity contribution in [3.8, 4) is 0 Å². The third kappa shape index (κ3) is 7.30. The highest BCUT2D eigenvalue weighted by molar-refractivity contribution is 14.1. The van der Waals surface area contributed by atoms with E-state index >= 15 is 0 Å². The third-order valence-corrected chi connectivity index (χ3v) is 3.63. The standard InChI is InChI=1S/C7H16INO2S/c1-2-3-7-12(10,11)9-6-4-5-8/h9H,2-7H2,1H3. The van der Waals surface area contributed by atoms with Gasteiger partial charge in [0.15, 0.2) is 0 Å². The predicted octanol–water partition coefficient (Wildman–Crippen LogP) is 1.53. The largest absolute Gasteiger partial charge is 0.215 e. The fourth-order valence-corrected chi connectivity index (χ4v) is 2.35. The van der Waals surface area contributed by atoms with Crippen molar-refractivity contribution < 1.29 is 8.42 Å². The van der Waals surface area contributed by atoms with Crippen molar-refractivity contribution in [3.05, 3.63) is 0 Å². The van der Waals surface area contributed by atoms with E-state index in [4.69, 9.17) is 0 Å². The molecule has 0 spiro atoms. The summed E-state index contributed by atoms with van der Waals surface area (Å²) >= 11 is 2.23. The molecule has 3 nitrogen and oxygen atoms in total. The van der Waals surface area contributed by atoms with Crippen molar-refractivity contribution in [2.45, 2.75) is 26.2 Å². The second-order valence-corrected chi connectivity index (χ2v) is 5.61. The van der Waals surface area contributed by atoms with Gasteiger partial charge < -0.3 is 0 Å². The maximum Gasteiger partial charge on any atom is 0.211 e. The van der Waals surface area contributed by atoms with Crippen molar-refractivity contribution in [1.29, 1.82) is 0 Å². The molecule has 0 aromatic heterocycles. The maximum absolute atomic E-state index is 11.2. The number of sulfonamides is 1. The Labute approximate surface area is 88.5 Å². The summed E-state index contributed by atoms with van der Waals surface area (Å²) in [5, 5.41) is 0. The van der Waals surface area contributed by atoms with Gasteiger partial charge in [-0.25, -0.2) is 13.1 Å². The molecule has 0 aliphatic carbocycles. The van der Waals surface area contributed by atoms with Crippen LogP contribution in [0.1, 0.15) is 26.2 Å². The molecule has 0 aromatic carbocycles. The van der Waals surface area contributed by atoms with Gasteiger partial charge >= 0.3 is 0 Å². The highest BCUT2D eigenvalue weighted by Gasteiger charge is 2.06. The fourth-order valence-electron chi connectivity index (χ4n) is 0.701. The first kappa shape index (κ1) is 12.6. The van der Waals surface area contributed by atoms with E-state index in [1.165, 1.54) is 0 Å². The summed E-state index contributed by atoms with van der Waals surface area (Å²) in [5.74, 6) is 0.269. The number of hydrogen-bond acceptors (Lipinski definition) is 2. The lowest BCUT2D eigenvalue weighted by Crippen LogP contribution is -2.27. The van der Waals surface area contributed by atoms with Gasteiger partial charge in [-0.1, -0.05) is 35.9 Å². The molecule has 0 heterocycles. The number of unbranched alkanes of at least 4 members (excludes halogenated alkanes) is 1. The highest BCUT2D eigenvalue weighted by atomic mass is 127. The SMILES string of the molecule is CCCCS(=O)(=O)NCCCI. The fraction of sp³-hybridized carbons (Fsp3) is 1.00. The Kier molecular flexibility index (Phi) is 7.46. The molecule has 0 radical (unpaired) electrons. The van der Waals surface area contributed by atoms with Crippen LogP contribution in [0.5, 0.6) is 0 Å². The summed E-state index contributed by atoms with van der Waals surface area (Å²) < 4.78 is 25.9. The van der Waals surface area contributed by atoms with Crippen molar-refractivity contribution in [3.63, 3.8) is 0 Å². The molecule has 12 heavy (non-hydrogen) atoms. The molecule has 0 saturated carbocycles. The summed E-state index contributed by atoms with van der Waals surface area (Å²) in [5.41, 5.74) is 0. The van der Waals surface area contributed by atoms with Gasteiger partial charge in [-0.3, -0.25) is 0 Å². The highest BCUT2D eigenvalue weighted by Crippen LogP contribution is 1.94. The molecule has 0 saturated heterocycles. The Morgan fingerprint density at radius 1 is 1.33 bits per heavy atom. The minimum Gasteiger partial charge on any atom is -0.215 e. The number of rotatable bonds is 7. The Bertz CT molecular complexity index is 192. The molecule has 5 heteroatoms. The molecule has 1 N–H and O–H groups in total. The van der Waals surface area contributed by atoms with Crippen LogP contribution in [0.25, 0.3) is 0 Å². The predicted molar refractivity (Wildman–Crippen MR) is 60.2 cm³/mol. The lowest BCUT2D eigenvalue weighted by atomic mass is 10.4. The lowest BCUT2D eigenvalue weighted by molar-refractivity contribution is 0.578. The maximum atomic E-state index is 11.2. The van der Waals surface area contributed by atoms with Crippen LogP contribution >= 0.6 is 22.6 Å². The molecule has 0 aliphatic rings. The summed E-state index contributed by atoms with van der Waals surface area (Å²) in [6.07, 6.45) is 2.58. The average molecular weight is 305 g/mol. The molecule has 0 rings (SSSR count). The zero-order valence-corrected chi connectivity index (χ0v) is 10.3. The zero-order valence-electron chi connectivity index (χ0n) is 7.35. The third-order valence-electron chi connectivity index (χ3n) is 1.40. The quantitative estimate of drug-likeness (QED) is 0.440. The Balaban J connectivity index is 3.58. The number of hydrogen-bond donors (Lipinski definition) is 1. The molecule has 0 aromatic rings. The first-order valence-electron chi connectivity index (χ1n) is 4.15. The van der Waals surface area contributed by atoms with Crippen LogP contribution in [-0.2, 0) is 10.0 Å². The molecule has 0 fully saturated rings. The van der Waals surface area contributed by atoms with Crippen LogP contribution in [-0.4, -0.2) is 25.1 Å². The molecule has 0 atom stereocenters. The molecule has 0 unspecified atom stereocenters. The summed E-state index contributed by atoms with van der Waals surface area (Å²) in [6.45, 7) is 2.56. The number of halogens is 1. The van der Waals surface area contributed by atoms with Crippen LogP contribution < -0.4 is 4.72 Å². The Morgan fingerprint density at radius 3 is 2.50 bits per heavy atom. The molecular weight excluding hydrogens is 289 g/mol. The average Bonchev–Trinajstić information content (AvgIpc) is 2.01. The minimum absolute atomic E-state index is 0.269. The van der Waals surface area contributed by atoms with E-state index in [0.29, 0.717) is 6.54 Å². The van der Waals surface area contributed by atoms with Gasteiger partial charge in [0, 0.05) is 11.0 Å². The minimum atomic E-state index is -2.97. The van der Waals surface area contributed by atoms with Crippen LogP contribution in [0.3, 0.4) is 0 Å². The van der Waals surface area contributed by atoms with Crippen molar-refractivity contribution >= 4 is 32.6 Å². The van der Waals surface area contributed by atoms with Gasteiger partial charge in [-0.05, 0) is 12.8 Å². The number of nitrogens with one attached hydrogen (secondary N) is 1. The van der Waals surface area contributed by atoms with Gasteiger partial charge in [0.05, 0.1) is 5.75 Å². The van der Waals surface area contributed by atoms with Gasteiger partial charge in [-0.15, -0.1) is 0 Å². The first-order chi connectivity index (χ1) is 5.62. The van der Waals surface area contributed by atoms with Gasteiger partial charge in [-0.2, -0.15) is 0 Å². The first-order valence-corrected chi connectivity index (χ1v) is 7.33. The topological polar surface area (TPSA) is 46.2 Å². The van der Waals surface area contributed by atoms with Gasteiger partial charge in [0.2, 0.25) is 10.0 Å². The second-order valence-electron chi connectivity index (χ2n) is 2.61. The van der Waals surface area contributed by atoms with E-state index in [-0.39, 0.29) is 5.75 Å². The van der Waals surface area contributed by atoms with E-state index in [2.05, 4.69) is 27.3 Å². The summed E-state index contributed by atoms with van der Waals surface area (Å²) in [4.78, 5) is 0. The van der Waals surface area contributed by atoms with Crippen molar-refractivity contribution in [1.82, 2.24) is 4.72 Å². The molecule has 0 amide bonds.